The molecule has 4 atom stereocenters. The third kappa shape index (κ3) is 3.17. The van der Waals surface area contributed by atoms with E-state index < -0.39 is 0 Å². The van der Waals surface area contributed by atoms with Crippen LogP contribution in [0.1, 0.15) is 18.5 Å². The van der Waals surface area contributed by atoms with Crippen LogP contribution in [0, 0.1) is 5.82 Å². The Kier molecular flexibility index (Phi) is 5.10. The van der Waals surface area contributed by atoms with Crippen molar-refractivity contribution < 1.29 is 13.9 Å². The Morgan fingerprint density at radius 2 is 1.85 bits per heavy atom. The molecule has 0 amide bonds. The van der Waals surface area contributed by atoms with Gasteiger partial charge in [-0.15, -0.1) is 0 Å². The molecule has 0 saturated carbocycles. The van der Waals surface area contributed by atoms with Gasteiger partial charge in [-0.1, -0.05) is 12.1 Å². The van der Waals surface area contributed by atoms with E-state index in [-0.39, 0.29) is 30.1 Å². The number of likely N-dealkylation sites (tertiary alicyclic amines) is 1. The second-order valence-electron chi connectivity index (χ2n) is 5.36. The summed E-state index contributed by atoms with van der Waals surface area (Å²) in [5, 5.41) is 0. The second-order valence-corrected chi connectivity index (χ2v) is 5.36. The number of halogens is 1. The molecule has 0 spiro atoms. The van der Waals surface area contributed by atoms with Gasteiger partial charge in [-0.2, -0.15) is 0 Å². The summed E-state index contributed by atoms with van der Waals surface area (Å²) in [6, 6.07) is 6.49. The van der Waals surface area contributed by atoms with Crippen LogP contribution >= 0.6 is 0 Å². The monoisotopic (exact) mass is 282 g/mol. The van der Waals surface area contributed by atoms with E-state index in [0.717, 1.165) is 18.7 Å². The third-order valence-electron chi connectivity index (χ3n) is 3.93. The van der Waals surface area contributed by atoms with E-state index in [4.69, 9.17) is 15.2 Å². The minimum atomic E-state index is -0.237. The van der Waals surface area contributed by atoms with Gasteiger partial charge in [-0.3, -0.25) is 4.90 Å². The Morgan fingerprint density at radius 1 is 1.25 bits per heavy atom. The highest BCUT2D eigenvalue weighted by Crippen LogP contribution is 2.29. The number of hydrogen-bond donors (Lipinski definition) is 1. The molecule has 20 heavy (non-hydrogen) atoms. The number of nitrogens with zero attached hydrogens (tertiary/aromatic N) is 1. The molecule has 1 aliphatic rings. The fourth-order valence-electron chi connectivity index (χ4n) is 2.99. The molecular formula is C15H23FN2O2. The topological polar surface area (TPSA) is 47.7 Å². The van der Waals surface area contributed by atoms with Crippen molar-refractivity contribution in [1.82, 2.24) is 4.90 Å². The van der Waals surface area contributed by atoms with Gasteiger partial charge in [-0.05, 0) is 24.6 Å². The molecule has 1 aliphatic heterocycles. The fourth-order valence-corrected chi connectivity index (χ4v) is 2.99. The van der Waals surface area contributed by atoms with Gasteiger partial charge < -0.3 is 15.2 Å². The summed E-state index contributed by atoms with van der Waals surface area (Å²) in [6.45, 7) is 3.41. The maximum atomic E-state index is 13.5. The Bertz CT molecular complexity index is 430. The minimum absolute atomic E-state index is 0.0230. The maximum Gasteiger partial charge on any atom is 0.123 e. The third-order valence-corrected chi connectivity index (χ3v) is 3.93. The summed E-state index contributed by atoms with van der Waals surface area (Å²) in [4.78, 5) is 2.21. The Balaban J connectivity index is 2.22. The highest BCUT2D eigenvalue weighted by Gasteiger charge is 2.38. The molecule has 4 unspecified atom stereocenters. The first-order valence-electron chi connectivity index (χ1n) is 6.87. The van der Waals surface area contributed by atoms with Gasteiger partial charge >= 0.3 is 0 Å². The van der Waals surface area contributed by atoms with Crippen LogP contribution in [-0.4, -0.2) is 50.5 Å². The van der Waals surface area contributed by atoms with Crippen molar-refractivity contribution in [2.75, 3.05) is 27.3 Å². The zero-order valence-corrected chi connectivity index (χ0v) is 12.3. The van der Waals surface area contributed by atoms with Crippen LogP contribution in [0.3, 0.4) is 0 Å². The minimum Gasteiger partial charge on any atom is -0.377 e. The maximum absolute atomic E-state index is 13.5. The zero-order valence-electron chi connectivity index (χ0n) is 12.3. The lowest BCUT2D eigenvalue weighted by molar-refractivity contribution is -0.00461. The lowest BCUT2D eigenvalue weighted by atomic mass is 9.99. The van der Waals surface area contributed by atoms with E-state index in [2.05, 4.69) is 4.90 Å². The normalized spacial score (nSPS) is 26.6. The first kappa shape index (κ1) is 15.4. The smallest absolute Gasteiger partial charge is 0.123 e. The van der Waals surface area contributed by atoms with Gasteiger partial charge in [-0.25, -0.2) is 4.39 Å². The number of nitrogens with two attached hydrogens (primary N) is 1. The summed E-state index contributed by atoms with van der Waals surface area (Å²) in [5.41, 5.74) is 7.02. The first-order valence-corrected chi connectivity index (χ1v) is 6.87. The van der Waals surface area contributed by atoms with Crippen LogP contribution in [0.15, 0.2) is 24.3 Å². The lowest BCUT2D eigenvalue weighted by Gasteiger charge is -2.31. The lowest BCUT2D eigenvalue weighted by Crippen LogP contribution is -2.39. The predicted octanol–water partition coefficient (Wildman–Crippen LogP) is 1.56. The van der Waals surface area contributed by atoms with Gasteiger partial charge in [0.25, 0.3) is 0 Å². The molecule has 112 valence electrons. The van der Waals surface area contributed by atoms with Crippen molar-refractivity contribution in [2.24, 2.45) is 5.73 Å². The number of hydrogen-bond acceptors (Lipinski definition) is 4. The molecule has 2 rings (SSSR count). The Hall–Kier alpha value is -1.01. The van der Waals surface area contributed by atoms with Gasteiger partial charge in [0.15, 0.2) is 0 Å². The predicted molar refractivity (Wildman–Crippen MR) is 76.0 cm³/mol. The molecule has 1 saturated heterocycles. The van der Waals surface area contributed by atoms with E-state index in [9.17, 15) is 4.39 Å². The van der Waals surface area contributed by atoms with Crippen LogP contribution in [0.2, 0.25) is 0 Å². The van der Waals surface area contributed by atoms with Gasteiger partial charge in [0.2, 0.25) is 0 Å². The first-order chi connectivity index (χ1) is 9.56. The van der Waals surface area contributed by atoms with Crippen LogP contribution in [0.4, 0.5) is 4.39 Å². The van der Waals surface area contributed by atoms with Crippen molar-refractivity contribution in [3.8, 4) is 0 Å². The van der Waals surface area contributed by atoms with E-state index >= 15 is 0 Å². The molecule has 1 fully saturated rings. The van der Waals surface area contributed by atoms with E-state index in [1.54, 1.807) is 26.4 Å². The molecule has 0 aliphatic carbocycles. The molecule has 0 radical (unpaired) electrons. The second kappa shape index (κ2) is 6.63. The van der Waals surface area contributed by atoms with Crippen molar-refractivity contribution in [2.45, 2.75) is 31.2 Å². The molecular weight excluding hydrogens is 259 g/mol. The Labute approximate surface area is 119 Å². The molecule has 0 bridgehead atoms. The number of benzene rings is 1. The largest absolute Gasteiger partial charge is 0.377 e. The van der Waals surface area contributed by atoms with E-state index in [1.807, 2.05) is 13.0 Å². The molecule has 2 N–H and O–H groups in total. The summed E-state index contributed by atoms with van der Waals surface area (Å²) >= 11 is 0. The van der Waals surface area contributed by atoms with Crippen molar-refractivity contribution in [1.29, 1.82) is 0 Å². The van der Waals surface area contributed by atoms with Crippen molar-refractivity contribution >= 4 is 0 Å². The standard InChI is InChI=1S/C15H23FN2O2/c1-10(17)15(11-5-4-6-12(16)7-11)18-8-13(19-2)14(9-18)20-3/h4-7,10,13-15H,8-9,17H2,1-3H3. The summed E-state index contributed by atoms with van der Waals surface area (Å²) < 4.78 is 24.4. The number of rotatable bonds is 5. The van der Waals surface area contributed by atoms with Crippen LogP contribution < -0.4 is 5.73 Å². The molecule has 5 heteroatoms. The number of methoxy groups -OCH3 is 2. The van der Waals surface area contributed by atoms with Crippen LogP contribution in [0.25, 0.3) is 0 Å². The quantitative estimate of drug-likeness (QED) is 0.890. The number of ether oxygens (including phenoxy) is 2. The SMILES string of the molecule is COC1CN(C(c2cccc(F)c2)C(C)N)CC1OC. The van der Waals surface area contributed by atoms with Crippen LogP contribution in [0.5, 0.6) is 0 Å². The van der Waals surface area contributed by atoms with Gasteiger partial charge in [0, 0.05) is 39.4 Å². The highest BCUT2D eigenvalue weighted by molar-refractivity contribution is 5.22. The van der Waals surface area contributed by atoms with E-state index in [1.165, 1.54) is 6.07 Å². The fraction of sp³-hybridized carbons (Fsp3) is 0.600. The van der Waals surface area contributed by atoms with Gasteiger partial charge in [0.1, 0.15) is 5.82 Å². The molecule has 0 aromatic heterocycles. The van der Waals surface area contributed by atoms with E-state index in [0.29, 0.717) is 0 Å². The summed E-state index contributed by atoms with van der Waals surface area (Å²) in [6.07, 6.45) is 0.0459. The van der Waals surface area contributed by atoms with Gasteiger partial charge in [0.05, 0.1) is 12.2 Å². The summed E-state index contributed by atoms with van der Waals surface area (Å²) in [5.74, 6) is -0.237. The highest BCUT2D eigenvalue weighted by atomic mass is 19.1. The molecule has 1 heterocycles. The van der Waals surface area contributed by atoms with Crippen LogP contribution in [-0.2, 0) is 9.47 Å². The molecule has 4 nitrogen and oxygen atoms in total. The zero-order chi connectivity index (χ0) is 14.7. The molecule has 1 aromatic carbocycles. The van der Waals surface area contributed by atoms with Crippen molar-refractivity contribution in [3.63, 3.8) is 0 Å². The van der Waals surface area contributed by atoms with Crippen molar-refractivity contribution in [3.05, 3.63) is 35.6 Å². The average Bonchev–Trinajstić information content (AvgIpc) is 2.81. The summed E-state index contributed by atoms with van der Waals surface area (Å²) in [7, 11) is 3.37. The average molecular weight is 282 g/mol. The Morgan fingerprint density at radius 3 is 2.30 bits per heavy atom. The molecule has 1 aromatic rings.